The van der Waals surface area contributed by atoms with Crippen LogP contribution in [0.5, 0.6) is 5.75 Å². The van der Waals surface area contributed by atoms with Crippen LogP contribution in [0.3, 0.4) is 0 Å². The Morgan fingerprint density at radius 2 is 2.18 bits per heavy atom. The second-order valence-electron chi connectivity index (χ2n) is 3.13. The van der Waals surface area contributed by atoms with E-state index in [9.17, 15) is 8.42 Å². The summed E-state index contributed by atoms with van der Waals surface area (Å²) in [5.41, 5.74) is 0.653. The van der Waals surface area contributed by atoms with Gasteiger partial charge in [0, 0.05) is 6.07 Å². The number of sulfonamides is 1. The van der Waals surface area contributed by atoms with Crippen LogP contribution in [0.4, 0.5) is 5.69 Å². The smallest absolute Gasteiger partial charge is 0.240 e. The lowest BCUT2D eigenvalue weighted by Gasteiger charge is -2.11. The molecule has 6 heteroatoms. The van der Waals surface area contributed by atoms with Crippen LogP contribution in [0.15, 0.2) is 23.1 Å². The summed E-state index contributed by atoms with van der Waals surface area (Å²) in [7, 11) is -0.648. The largest absolute Gasteiger partial charge is 0.495 e. The highest BCUT2D eigenvalue weighted by Gasteiger charge is 2.14. The second kappa shape index (κ2) is 5.57. The van der Waals surface area contributed by atoms with Crippen LogP contribution in [0.25, 0.3) is 0 Å². The maximum absolute atomic E-state index is 11.6. The van der Waals surface area contributed by atoms with Crippen molar-refractivity contribution in [3.63, 3.8) is 0 Å². The van der Waals surface area contributed by atoms with Gasteiger partial charge >= 0.3 is 0 Å². The third-order valence-corrected chi connectivity index (χ3v) is 3.54. The lowest BCUT2D eigenvalue weighted by molar-refractivity contribution is 0.415. The van der Waals surface area contributed by atoms with Crippen molar-refractivity contribution in [2.75, 3.05) is 26.0 Å². The molecule has 1 rings (SSSR count). The number of anilines is 1. The quantitative estimate of drug-likeness (QED) is 0.757. The van der Waals surface area contributed by atoms with E-state index in [1.54, 1.807) is 6.07 Å². The number of nitrogens with one attached hydrogen (secondary N) is 2. The van der Waals surface area contributed by atoms with E-state index >= 15 is 0 Å². The van der Waals surface area contributed by atoms with Crippen molar-refractivity contribution in [1.82, 2.24) is 4.72 Å². The van der Waals surface area contributed by atoms with Gasteiger partial charge in [0.1, 0.15) is 5.75 Å². The highest BCUT2D eigenvalue weighted by Crippen LogP contribution is 2.27. The van der Waals surface area contributed by atoms with Gasteiger partial charge in [-0.25, -0.2) is 13.1 Å². The van der Waals surface area contributed by atoms with Gasteiger partial charge in [-0.3, -0.25) is 0 Å². The highest BCUT2D eigenvalue weighted by atomic mass is 32.2. The standard InChI is InChI=1S/C11H14N2O3S/c1-4-7-13-10-6-5-9(8-11(10)16-3)17(14,15)12-2/h1,5-6,8,12-13H,7H2,2-3H3. The number of terminal acetylenes is 1. The van der Waals surface area contributed by atoms with Gasteiger partial charge in [0.2, 0.25) is 10.0 Å². The number of hydrogen-bond acceptors (Lipinski definition) is 4. The van der Waals surface area contributed by atoms with Crippen LogP contribution in [-0.4, -0.2) is 29.1 Å². The molecule has 0 heterocycles. The molecule has 0 aliphatic rings. The molecule has 0 amide bonds. The SMILES string of the molecule is C#CCNc1ccc(S(=O)(=O)NC)cc1OC. The van der Waals surface area contributed by atoms with Crippen LogP contribution < -0.4 is 14.8 Å². The predicted molar refractivity (Wildman–Crippen MR) is 66.6 cm³/mol. The second-order valence-corrected chi connectivity index (χ2v) is 5.01. The van der Waals surface area contributed by atoms with Crippen molar-refractivity contribution < 1.29 is 13.2 Å². The minimum Gasteiger partial charge on any atom is -0.495 e. The molecule has 0 aliphatic carbocycles. The molecule has 0 radical (unpaired) electrons. The molecule has 0 saturated carbocycles. The summed E-state index contributed by atoms with van der Waals surface area (Å²) in [6.45, 7) is 0.342. The Morgan fingerprint density at radius 1 is 1.47 bits per heavy atom. The Labute approximate surface area is 101 Å². The van der Waals surface area contributed by atoms with E-state index in [4.69, 9.17) is 11.2 Å². The maximum Gasteiger partial charge on any atom is 0.240 e. The van der Waals surface area contributed by atoms with E-state index in [0.717, 1.165) is 0 Å². The average molecular weight is 254 g/mol. The Balaban J connectivity index is 3.14. The molecular formula is C11H14N2O3S. The molecular weight excluding hydrogens is 240 g/mol. The molecule has 1 aromatic rings. The van der Waals surface area contributed by atoms with E-state index in [2.05, 4.69) is 16.0 Å². The summed E-state index contributed by atoms with van der Waals surface area (Å²) < 4.78 is 30.5. The molecule has 0 bridgehead atoms. The predicted octanol–water partition coefficient (Wildman–Crippen LogP) is 0.648. The first-order valence-electron chi connectivity index (χ1n) is 4.84. The molecule has 0 saturated heterocycles. The first kappa shape index (κ1) is 13.4. The Bertz CT molecular complexity index is 532. The lowest BCUT2D eigenvalue weighted by Crippen LogP contribution is -2.18. The first-order chi connectivity index (χ1) is 8.05. The summed E-state index contributed by atoms with van der Waals surface area (Å²) in [5, 5.41) is 2.93. The van der Waals surface area contributed by atoms with Crippen LogP contribution in [-0.2, 0) is 10.0 Å². The van der Waals surface area contributed by atoms with E-state index < -0.39 is 10.0 Å². The molecule has 0 unspecified atom stereocenters. The Hall–Kier alpha value is -1.71. The fourth-order valence-corrected chi connectivity index (χ4v) is 1.99. The Kier molecular flexibility index (Phi) is 4.37. The number of rotatable bonds is 5. The van der Waals surface area contributed by atoms with Gasteiger partial charge in [-0.15, -0.1) is 6.42 Å². The fraction of sp³-hybridized carbons (Fsp3) is 0.273. The van der Waals surface area contributed by atoms with Gasteiger partial charge in [0.25, 0.3) is 0 Å². The average Bonchev–Trinajstić information content (AvgIpc) is 2.35. The number of benzene rings is 1. The normalized spacial score (nSPS) is 10.6. The highest BCUT2D eigenvalue weighted by molar-refractivity contribution is 7.89. The number of methoxy groups -OCH3 is 1. The van der Waals surface area contributed by atoms with Crippen LogP contribution in [0.2, 0.25) is 0 Å². The van der Waals surface area contributed by atoms with Crippen molar-refractivity contribution in [3.05, 3.63) is 18.2 Å². The third-order valence-electron chi connectivity index (χ3n) is 2.13. The van der Waals surface area contributed by atoms with Gasteiger partial charge in [0.15, 0.2) is 0 Å². The number of hydrogen-bond donors (Lipinski definition) is 2. The lowest BCUT2D eigenvalue weighted by atomic mass is 10.3. The third kappa shape index (κ3) is 3.12. The molecule has 92 valence electrons. The molecule has 0 fully saturated rings. The van der Waals surface area contributed by atoms with Gasteiger partial charge in [0.05, 0.1) is 24.2 Å². The summed E-state index contributed by atoms with van der Waals surface area (Å²) in [4.78, 5) is 0.142. The number of ether oxygens (including phenoxy) is 1. The van der Waals surface area contributed by atoms with E-state index in [-0.39, 0.29) is 4.90 Å². The van der Waals surface area contributed by atoms with Crippen LogP contribution in [0.1, 0.15) is 0 Å². The van der Waals surface area contributed by atoms with Gasteiger partial charge < -0.3 is 10.1 Å². The molecule has 0 aromatic heterocycles. The van der Waals surface area contributed by atoms with E-state index in [0.29, 0.717) is 18.0 Å². The van der Waals surface area contributed by atoms with Gasteiger partial charge in [-0.05, 0) is 19.2 Å². The zero-order valence-corrected chi connectivity index (χ0v) is 10.5. The molecule has 17 heavy (non-hydrogen) atoms. The Morgan fingerprint density at radius 3 is 2.71 bits per heavy atom. The van der Waals surface area contributed by atoms with Gasteiger partial charge in [-0.1, -0.05) is 5.92 Å². The first-order valence-corrected chi connectivity index (χ1v) is 6.32. The maximum atomic E-state index is 11.6. The van der Waals surface area contributed by atoms with E-state index in [1.807, 2.05) is 0 Å². The summed E-state index contributed by atoms with van der Waals surface area (Å²) >= 11 is 0. The van der Waals surface area contributed by atoms with Crippen LogP contribution >= 0.6 is 0 Å². The molecule has 5 nitrogen and oxygen atoms in total. The topological polar surface area (TPSA) is 67.4 Å². The molecule has 0 spiro atoms. The molecule has 0 aliphatic heterocycles. The van der Waals surface area contributed by atoms with Crippen molar-refractivity contribution in [2.45, 2.75) is 4.90 Å². The monoisotopic (exact) mass is 254 g/mol. The van der Waals surface area contributed by atoms with Crippen molar-refractivity contribution >= 4 is 15.7 Å². The molecule has 1 aromatic carbocycles. The fourth-order valence-electron chi connectivity index (χ4n) is 1.25. The summed E-state index contributed by atoms with van der Waals surface area (Å²) in [6, 6.07) is 4.53. The summed E-state index contributed by atoms with van der Waals surface area (Å²) in [6.07, 6.45) is 5.13. The summed E-state index contributed by atoms with van der Waals surface area (Å²) in [5.74, 6) is 2.85. The van der Waals surface area contributed by atoms with Crippen molar-refractivity contribution in [3.8, 4) is 18.1 Å². The molecule has 0 atom stereocenters. The zero-order chi connectivity index (χ0) is 12.9. The van der Waals surface area contributed by atoms with Crippen LogP contribution in [0, 0.1) is 12.3 Å². The molecule has 2 N–H and O–H groups in total. The minimum absolute atomic E-state index is 0.142. The van der Waals surface area contributed by atoms with Crippen molar-refractivity contribution in [2.24, 2.45) is 0 Å². The van der Waals surface area contributed by atoms with Gasteiger partial charge in [-0.2, -0.15) is 0 Å². The van der Waals surface area contributed by atoms with E-state index in [1.165, 1.54) is 26.3 Å². The zero-order valence-electron chi connectivity index (χ0n) is 9.65. The minimum atomic E-state index is -3.47. The van der Waals surface area contributed by atoms with Crippen molar-refractivity contribution in [1.29, 1.82) is 0 Å².